The third-order valence-electron chi connectivity index (χ3n) is 13.6. The molecule has 0 bridgehead atoms. The van der Waals surface area contributed by atoms with E-state index in [0.717, 1.165) is 48.0 Å². The van der Waals surface area contributed by atoms with Crippen molar-refractivity contribution in [3.63, 3.8) is 0 Å². The molecule has 0 amide bonds. The molecule has 0 aromatic heterocycles. The van der Waals surface area contributed by atoms with Gasteiger partial charge in [0.1, 0.15) is 5.84 Å². The molecule has 13 rings (SSSR count). The summed E-state index contributed by atoms with van der Waals surface area (Å²) in [5.41, 5.74) is 14.4. The molecule has 3 saturated heterocycles. The molecule has 10 nitrogen and oxygen atoms in total. The number of likely N-dealkylation sites (N-methyl/N-ethyl adjacent to an activating group) is 1. The number of anilines is 2. The molecule has 0 saturated carbocycles. The van der Waals surface area contributed by atoms with Crippen LogP contribution in [-0.4, -0.2) is 125 Å². The zero-order chi connectivity index (χ0) is 69.2. The first-order valence-electron chi connectivity index (χ1n) is 34.7. The van der Waals surface area contributed by atoms with Crippen molar-refractivity contribution in [1.82, 2.24) is 14.7 Å². The second-order valence-electron chi connectivity index (χ2n) is 19.8. The summed E-state index contributed by atoms with van der Waals surface area (Å²) in [6.07, 6.45) is 25.6. The van der Waals surface area contributed by atoms with Crippen molar-refractivity contribution in [3.8, 4) is 0 Å². The van der Waals surface area contributed by atoms with E-state index in [4.69, 9.17) is 0 Å². The number of likely N-dealkylation sites (tertiary alicyclic amines) is 3. The first-order valence-corrected chi connectivity index (χ1v) is 34.7. The number of fused-ring (bicyclic) bond motifs is 2. The largest absolute Gasteiger partial charge is 0.378 e. The number of para-hydroxylation sites is 2. The van der Waals surface area contributed by atoms with Crippen LogP contribution in [0.5, 0.6) is 0 Å². The number of hydrogen-bond donors (Lipinski definition) is 0. The van der Waals surface area contributed by atoms with Crippen LogP contribution in [0.15, 0.2) is 172 Å². The summed E-state index contributed by atoms with van der Waals surface area (Å²) in [5.74, 6) is 0.898. The van der Waals surface area contributed by atoms with Crippen LogP contribution in [0.1, 0.15) is 228 Å². The van der Waals surface area contributed by atoms with E-state index < -0.39 is 0 Å². The van der Waals surface area contributed by atoms with Crippen molar-refractivity contribution < 1.29 is 131 Å². The summed E-state index contributed by atoms with van der Waals surface area (Å²) in [5, 5.41) is 2.60. The zero-order valence-electron chi connectivity index (χ0n) is 64.8. The maximum Gasteiger partial charge on any atom is 0.120 e. The van der Waals surface area contributed by atoms with Gasteiger partial charge in [-0.1, -0.05) is 224 Å². The third kappa shape index (κ3) is 50.1. The topological polar surface area (TPSA) is 78.0 Å². The van der Waals surface area contributed by atoms with E-state index in [2.05, 4.69) is 177 Å². The molecule has 9 aliphatic rings. The van der Waals surface area contributed by atoms with Gasteiger partial charge < -0.3 is 24.5 Å². The van der Waals surface area contributed by atoms with Crippen LogP contribution in [0.3, 0.4) is 0 Å². The number of allylic oxidation sites excluding steroid dienone is 5. The van der Waals surface area contributed by atoms with Crippen molar-refractivity contribution in [2.75, 3.05) is 90.9 Å². The molecular formula is C82H142N10Y4. The van der Waals surface area contributed by atoms with E-state index >= 15 is 0 Å². The Labute approximate surface area is 696 Å². The maximum absolute atomic E-state index is 4.51. The van der Waals surface area contributed by atoms with Crippen LogP contribution in [0.25, 0.3) is 22.4 Å². The van der Waals surface area contributed by atoms with Crippen molar-refractivity contribution in [1.29, 1.82) is 0 Å². The van der Waals surface area contributed by atoms with E-state index in [-0.39, 0.29) is 146 Å². The fourth-order valence-corrected chi connectivity index (χ4v) is 8.91. The van der Waals surface area contributed by atoms with E-state index in [9.17, 15) is 0 Å². The molecule has 4 aromatic carbocycles. The normalized spacial score (nSPS) is 14.4. The van der Waals surface area contributed by atoms with Crippen LogP contribution in [0, 0.1) is 0 Å². The van der Waals surface area contributed by atoms with Crippen LogP contribution in [0.2, 0.25) is 0 Å². The van der Waals surface area contributed by atoms with Gasteiger partial charge in [0.05, 0.1) is 12.2 Å². The fraction of sp³-hybridized carbons (Fsp3) is 0.524. The Balaban J connectivity index is -0.000000106. The minimum Gasteiger partial charge on any atom is -0.378 e. The third-order valence-corrected chi connectivity index (χ3v) is 13.6. The quantitative estimate of drug-likeness (QED) is 0.175. The van der Waals surface area contributed by atoms with Crippen LogP contribution in [0.4, 0.5) is 17.1 Å². The Kier molecular flexibility index (Phi) is 93.8. The van der Waals surface area contributed by atoms with Gasteiger partial charge in [0.15, 0.2) is 0 Å². The number of aliphatic imine (C=N–C) groups is 5. The SMILES string of the molecule is C.C.C=C1C=CN(C)c2ccccc21.C=C1C=Cc2ccccc2N1C.C=C1CCCN1C.CC.CC.CC.CC.CC.CC.CC.CC.CC1=NC=CC1.CC1=NCC=N1.CC1=NCCC1.CC1=Nc2cccc3cccc1c23.CN1CCCC1.CN1CCCC1.[Y].[Y].[Y].[Y]. The maximum atomic E-state index is 4.51. The molecule has 14 heteroatoms. The van der Waals surface area contributed by atoms with E-state index in [1.54, 1.807) is 6.21 Å². The van der Waals surface area contributed by atoms with Gasteiger partial charge in [-0.15, -0.1) is 0 Å². The monoisotopic (exact) mass is 1620 g/mol. The molecule has 4 aromatic rings. The van der Waals surface area contributed by atoms with E-state index in [0.29, 0.717) is 0 Å². The molecule has 0 atom stereocenters. The molecule has 9 heterocycles. The summed E-state index contributed by atoms with van der Waals surface area (Å²) >= 11 is 0. The minimum atomic E-state index is 0. The van der Waals surface area contributed by atoms with E-state index in [1.807, 2.05) is 188 Å². The van der Waals surface area contributed by atoms with E-state index in [1.165, 1.54) is 140 Å². The van der Waals surface area contributed by atoms with Gasteiger partial charge in [0, 0.05) is 247 Å². The summed E-state index contributed by atoms with van der Waals surface area (Å²) in [6.45, 7) is 60.2. The Hall–Kier alpha value is -2.33. The van der Waals surface area contributed by atoms with Crippen LogP contribution in [-0.2, 0) is 131 Å². The van der Waals surface area contributed by atoms with Gasteiger partial charge in [0.2, 0.25) is 0 Å². The van der Waals surface area contributed by atoms with Crippen molar-refractivity contribution >= 4 is 68.7 Å². The van der Waals surface area contributed by atoms with Gasteiger partial charge in [-0.05, 0) is 166 Å². The summed E-state index contributed by atoms with van der Waals surface area (Å²) in [7, 11) is 10.5. The molecular weight excluding hydrogens is 1480 g/mol. The molecule has 9 aliphatic heterocycles. The van der Waals surface area contributed by atoms with Crippen LogP contribution >= 0.6 is 0 Å². The van der Waals surface area contributed by atoms with Gasteiger partial charge in [-0.25, -0.2) is 4.99 Å². The predicted molar refractivity (Wildman–Crippen MR) is 431 cm³/mol. The number of amidine groups is 1. The van der Waals surface area contributed by atoms with Gasteiger partial charge in [0.25, 0.3) is 0 Å². The van der Waals surface area contributed by atoms with Gasteiger partial charge in [-0.3, -0.25) is 20.0 Å². The molecule has 3 fully saturated rings. The number of rotatable bonds is 0. The second-order valence-corrected chi connectivity index (χ2v) is 19.8. The molecule has 532 valence electrons. The first-order chi connectivity index (χ1) is 43.7. The molecule has 4 radical (unpaired) electrons. The first kappa shape index (κ1) is 115. The zero-order valence-corrected chi connectivity index (χ0v) is 76.2. The van der Waals surface area contributed by atoms with Crippen molar-refractivity contribution in [2.24, 2.45) is 25.0 Å². The summed E-state index contributed by atoms with van der Waals surface area (Å²) in [4.78, 5) is 31.6. The molecule has 0 unspecified atom stereocenters. The standard InChI is InChI=1S/C12H9N.2C11H11N.C6H11N.2C5H11N.C5H9N.C5H7N.C4H6N2.8C2H6.2CH4.4Y/c1-8-10-6-2-4-9-5-3-7-11(13-8)12(9)10;1-9-7-8-12(2)11-6-4-3-5-10(9)11;1-9-7-8-10-5-3-4-6-11(10)12(9)2;1-6-4-3-5-7(6)2;2*1-6-4-2-3-5-6;2*1-5-3-2-4-6-5;1-4-5-2-3-6-4;8*1-2;;;;;;/h2-7H,1H3;2*3-8H,1H2,2H3;1,3-5H2,2H3;2*2-5H2,1H3;2-4H2,1H3;2,4H,3H2,1H3;2H,3H2,1H3;8*1-2H3;2*1H4;;;;. The molecule has 0 aliphatic carbocycles. The predicted octanol–water partition coefficient (Wildman–Crippen LogP) is 23.8. The number of hydrogen-bond acceptors (Lipinski definition) is 10. The Morgan fingerprint density at radius 1 is 0.479 bits per heavy atom. The number of benzene rings is 4. The molecule has 96 heavy (non-hydrogen) atoms. The summed E-state index contributed by atoms with van der Waals surface area (Å²) in [6, 6.07) is 29.2. The molecule has 0 N–H and O–H groups in total. The molecule has 0 spiro atoms. The van der Waals surface area contributed by atoms with Crippen molar-refractivity contribution in [3.05, 3.63) is 163 Å². The van der Waals surface area contributed by atoms with Crippen LogP contribution < -0.4 is 9.80 Å². The average Bonchev–Trinajstić information content (AvgIpc) is 1.61. The average molecular weight is 1620 g/mol. The van der Waals surface area contributed by atoms with Gasteiger partial charge >= 0.3 is 0 Å². The Bertz CT molecular complexity index is 2720. The second kappa shape index (κ2) is 78.4. The smallest absolute Gasteiger partial charge is 0.120 e. The summed E-state index contributed by atoms with van der Waals surface area (Å²) < 4.78 is 0. The fourth-order valence-electron chi connectivity index (χ4n) is 8.91. The number of nitrogens with zero attached hydrogens (tertiary/aromatic N) is 10. The minimum absolute atomic E-state index is 0. The van der Waals surface area contributed by atoms with Crippen molar-refractivity contribution in [2.45, 2.75) is 211 Å². The van der Waals surface area contributed by atoms with Gasteiger partial charge in [-0.2, -0.15) is 0 Å². The Morgan fingerprint density at radius 2 is 0.979 bits per heavy atom. The Morgan fingerprint density at radius 3 is 1.33 bits per heavy atom.